The quantitative estimate of drug-likeness (QED) is 0.749. The van der Waals surface area contributed by atoms with Crippen LogP contribution in [0.15, 0.2) is 54.6 Å². The zero-order valence-electron chi connectivity index (χ0n) is 11.4. The lowest BCUT2D eigenvalue weighted by atomic mass is 10.1. The van der Waals surface area contributed by atoms with E-state index in [2.05, 4.69) is 10.6 Å². The standard InChI is InChI=1S/C16H16N2O3/c19-11-10-12-6-8-14(9-7-12)18-16(21)15(20)17-13-4-2-1-3-5-13/h1-9,19H,10-11H2,(H,17,20)(H,18,21). The van der Waals surface area contributed by atoms with Gasteiger partial charge in [0.25, 0.3) is 0 Å². The first kappa shape index (κ1) is 14.7. The van der Waals surface area contributed by atoms with Crippen molar-refractivity contribution in [3.8, 4) is 0 Å². The average molecular weight is 284 g/mol. The van der Waals surface area contributed by atoms with Crippen molar-refractivity contribution in [1.29, 1.82) is 0 Å². The molecule has 2 aromatic carbocycles. The Kier molecular flexibility index (Phi) is 5.06. The van der Waals surface area contributed by atoms with Crippen LogP contribution in [0.1, 0.15) is 5.56 Å². The number of rotatable bonds is 4. The van der Waals surface area contributed by atoms with Gasteiger partial charge in [-0.05, 0) is 36.2 Å². The highest BCUT2D eigenvalue weighted by Crippen LogP contribution is 2.10. The van der Waals surface area contributed by atoms with E-state index in [1.54, 1.807) is 48.5 Å². The molecule has 0 heterocycles. The molecule has 0 radical (unpaired) electrons. The molecule has 0 aliphatic heterocycles. The zero-order chi connectivity index (χ0) is 15.1. The number of aliphatic hydroxyl groups excluding tert-OH is 1. The van der Waals surface area contributed by atoms with Gasteiger partial charge in [-0.2, -0.15) is 0 Å². The predicted octanol–water partition coefficient (Wildman–Crippen LogP) is 1.80. The van der Waals surface area contributed by atoms with Gasteiger partial charge in [0.15, 0.2) is 0 Å². The molecule has 2 rings (SSSR count). The zero-order valence-corrected chi connectivity index (χ0v) is 11.4. The van der Waals surface area contributed by atoms with Crippen molar-refractivity contribution in [2.75, 3.05) is 17.2 Å². The van der Waals surface area contributed by atoms with Crippen LogP contribution < -0.4 is 10.6 Å². The molecule has 0 aliphatic carbocycles. The van der Waals surface area contributed by atoms with Crippen LogP contribution in [-0.2, 0) is 16.0 Å². The molecule has 0 fully saturated rings. The molecule has 0 spiro atoms. The summed E-state index contributed by atoms with van der Waals surface area (Å²) in [7, 11) is 0. The van der Waals surface area contributed by atoms with E-state index in [1.165, 1.54) is 0 Å². The molecule has 5 heteroatoms. The van der Waals surface area contributed by atoms with Crippen molar-refractivity contribution >= 4 is 23.2 Å². The second-order valence-corrected chi connectivity index (χ2v) is 4.44. The molecule has 0 aromatic heterocycles. The van der Waals surface area contributed by atoms with Crippen LogP contribution >= 0.6 is 0 Å². The minimum absolute atomic E-state index is 0.0746. The minimum Gasteiger partial charge on any atom is -0.396 e. The number of hydrogen-bond acceptors (Lipinski definition) is 3. The monoisotopic (exact) mass is 284 g/mol. The van der Waals surface area contributed by atoms with E-state index in [-0.39, 0.29) is 6.61 Å². The van der Waals surface area contributed by atoms with Crippen LogP contribution in [0, 0.1) is 0 Å². The van der Waals surface area contributed by atoms with Crippen LogP contribution in [0.5, 0.6) is 0 Å². The number of carbonyl (C=O) groups is 2. The molecule has 0 aliphatic rings. The summed E-state index contributed by atoms with van der Waals surface area (Å²) in [6.07, 6.45) is 0.558. The first-order chi connectivity index (χ1) is 10.2. The van der Waals surface area contributed by atoms with E-state index in [0.717, 1.165) is 5.56 Å². The number of anilines is 2. The van der Waals surface area contributed by atoms with Gasteiger partial charge in [-0.1, -0.05) is 30.3 Å². The van der Waals surface area contributed by atoms with Crippen molar-refractivity contribution in [1.82, 2.24) is 0 Å². The van der Waals surface area contributed by atoms with Gasteiger partial charge in [-0.25, -0.2) is 0 Å². The highest BCUT2D eigenvalue weighted by atomic mass is 16.3. The molecule has 0 bridgehead atoms. The highest BCUT2D eigenvalue weighted by Gasteiger charge is 2.13. The Labute approximate surface area is 122 Å². The number of aliphatic hydroxyl groups is 1. The van der Waals surface area contributed by atoms with Gasteiger partial charge in [0, 0.05) is 18.0 Å². The molecule has 0 saturated carbocycles. The summed E-state index contributed by atoms with van der Waals surface area (Å²) in [5.41, 5.74) is 2.06. The Morgan fingerprint density at radius 2 is 1.33 bits per heavy atom. The first-order valence-electron chi connectivity index (χ1n) is 6.56. The van der Waals surface area contributed by atoms with Gasteiger partial charge in [0.2, 0.25) is 0 Å². The van der Waals surface area contributed by atoms with E-state index in [4.69, 9.17) is 5.11 Å². The smallest absolute Gasteiger partial charge is 0.314 e. The van der Waals surface area contributed by atoms with Crippen LogP contribution in [0.25, 0.3) is 0 Å². The molecule has 108 valence electrons. The van der Waals surface area contributed by atoms with Crippen LogP contribution in [-0.4, -0.2) is 23.5 Å². The SMILES string of the molecule is O=C(Nc1ccccc1)C(=O)Nc1ccc(CCO)cc1. The van der Waals surface area contributed by atoms with E-state index < -0.39 is 11.8 Å². The first-order valence-corrected chi connectivity index (χ1v) is 6.56. The summed E-state index contributed by atoms with van der Waals surface area (Å²) in [5.74, 6) is -1.45. The second-order valence-electron chi connectivity index (χ2n) is 4.44. The number of carbonyl (C=O) groups excluding carboxylic acids is 2. The van der Waals surface area contributed by atoms with E-state index in [0.29, 0.717) is 17.8 Å². The molecular weight excluding hydrogens is 268 g/mol. The summed E-state index contributed by atoms with van der Waals surface area (Å²) in [4.78, 5) is 23.5. The summed E-state index contributed by atoms with van der Waals surface area (Å²) in [6.45, 7) is 0.0746. The van der Waals surface area contributed by atoms with Crippen molar-refractivity contribution in [2.24, 2.45) is 0 Å². The number of benzene rings is 2. The van der Waals surface area contributed by atoms with Crippen molar-refractivity contribution in [3.05, 3.63) is 60.2 Å². The van der Waals surface area contributed by atoms with Gasteiger partial charge >= 0.3 is 11.8 Å². The number of nitrogens with one attached hydrogen (secondary N) is 2. The number of hydrogen-bond donors (Lipinski definition) is 3. The maximum Gasteiger partial charge on any atom is 0.314 e. The third-order valence-electron chi connectivity index (χ3n) is 2.85. The second kappa shape index (κ2) is 7.21. The lowest BCUT2D eigenvalue weighted by molar-refractivity contribution is -0.132. The minimum atomic E-state index is -0.728. The highest BCUT2D eigenvalue weighted by molar-refractivity contribution is 6.43. The predicted molar refractivity (Wildman–Crippen MR) is 80.9 cm³/mol. The van der Waals surface area contributed by atoms with Gasteiger partial charge in [0.05, 0.1) is 0 Å². The third-order valence-corrected chi connectivity index (χ3v) is 2.85. The molecule has 3 N–H and O–H groups in total. The largest absolute Gasteiger partial charge is 0.396 e. The summed E-state index contributed by atoms with van der Waals surface area (Å²) in [6, 6.07) is 15.7. The fraction of sp³-hybridized carbons (Fsp3) is 0.125. The summed E-state index contributed by atoms with van der Waals surface area (Å²) < 4.78 is 0. The maximum atomic E-state index is 11.8. The molecule has 0 atom stereocenters. The van der Waals surface area contributed by atoms with E-state index >= 15 is 0 Å². The van der Waals surface area contributed by atoms with Crippen LogP contribution in [0.2, 0.25) is 0 Å². The lowest BCUT2D eigenvalue weighted by Gasteiger charge is -2.07. The van der Waals surface area contributed by atoms with Gasteiger partial charge in [-0.15, -0.1) is 0 Å². The van der Waals surface area contributed by atoms with Crippen molar-refractivity contribution < 1.29 is 14.7 Å². The van der Waals surface area contributed by atoms with Gasteiger partial charge in [0.1, 0.15) is 0 Å². The fourth-order valence-electron chi connectivity index (χ4n) is 1.78. The summed E-state index contributed by atoms with van der Waals surface area (Å²) in [5, 5.41) is 13.9. The van der Waals surface area contributed by atoms with Crippen LogP contribution in [0.4, 0.5) is 11.4 Å². The normalized spacial score (nSPS) is 9.95. The molecule has 2 amide bonds. The van der Waals surface area contributed by atoms with Gasteiger partial charge in [-0.3, -0.25) is 9.59 Å². The Bertz CT molecular complexity index is 609. The van der Waals surface area contributed by atoms with Crippen molar-refractivity contribution in [3.63, 3.8) is 0 Å². The molecule has 0 unspecified atom stereocenters. The van der Waals surface area contributed by atoms with E-state index in [9.17, 15) is 9.59 Å². The lowest BCUT2D eigenvalue weighted by Crippen LogP contribution is -2.29. The Hall–Kier alpha value is -2.66. The molecule has 5 nitrogen and oxygen atoms in total. The number of para-hydroxylation sites is 1. The number of amides is 2. The van der Waals surface area contributed by atoms with E-state index in [1.807, 2.05) is 6.07 Å². The molecule has 0 saturated heterocycles. The average Bonchev–Trinajstić information content (AvgIpc) is 2.50. The van der Waals surface area contributed by atoms with Gasteiger partial charge < -0.3 is 15.7 Å². The Morgan fingerprint density at radius 3 is 1.86 bits per heavy atom. The molecule has 2 aromatic rings. The topological polar surface area (TPSA) is 78.4 Å². The summed E-state index contributed by atoms with van der Waals surface area (Å²) >= 11 is 0. The molecular formula is C16H16N2O3. The maximum absolute atomic E-state index is 11.8. The fourth-order valence-corrected chi connectivity index (χ4v) is 1.78. The third kappa shape index (κ3) is 4.43. The van der Waals surface area contributed by atoms with Crippen LogP contribution in [0.3, 0.4) is 0 Å². The Morgan fingerprint density at radius 1 is 0.810 bits per heavy atom. The van der Waals surface area contributed by atoms with Crippen molar-refractivity contribution in [2.45, 2.75) is 6.42 Å². The molecule has 21 heavy (non-hydrogen) atoms. The Balaban J connectivity index is 1.92.